The molecule has 0 radical (unpaired) electrons. The van der Waals surface area contributed by atoms with Crippen LogP contribution in [0.2, 0.25) is 0 Å². The number of nitrogens with two attached hydrogens (primary N) is 1. The van der Waals surface area contributed by atoms with Gasteiger partial charge in [-0.25, -0.2) is 0 Å². The first-order valence-corrected chi connectivity index (χ1v) is 6.79. The highest BCUT2D eigenvalue weighted by Gasteiger charge is 2.00. The number of hydrogen-bond donors (Lipinski definition) is 1. The molecule has 0 aliphatic carbocycles. The van der Waals surface area contributed by atoms with E-state index in [1.807, 2.05) is 30.8 Å². The zero-order valence-corrected chi connectivity index (χ0v) is 10.8. The molecule has 1 heterocycles. The number of thioether (sulfide) groups is 1. The Hall–Kier alpha value is -0.740. The molecule has 0 spiro atoms. The van der Waals surface area contributed by atoms with Gasteiger partial charge in [-0.15, -0.1) is 0 Å². The summed E-state index contributed by atoms with van der Waals surface area (Å²) in [5.74, 6) is 3.00. The number of nitrogens with zero attached hydrogens (tertiary/aromatic N) is 1. The fourth-order valence-corrected chi connectivity index (χ4v) is 1.80. The van der Waals surface area contributed by atoms with E-state index in [1.54, 1.807) is 6.20 Å². The molecule has 0 saturated carbocycles. The van der Waals surface area contributed by atoms with Gasteiger partial charge < -0.3 is 10.5 Å². The molecule has 2 N–H and O–H groups in total. The maximum atomic E-state index is 5.70. The zero-order valence-electron chi connectivity index (χ0n) is 9.98. The smallest absolute Gasteiger partial charge is 0.137 e. The van der Waals surface area contributed by atoms with E-state index >= 15 is 0 Å². The van der Waals surface area contributed by atoms with Crippen LogP contribution >= 0.6 is 11.8 Å². The van der Waals surface area contributed by atoms with E-state index in [9.17, 15) is 0 Å². The Morgan fingerprint density at radius 3 is 2.88 bits per heavy atom. The first-order chi connectivity index (χ1) is 7.72. The highest BCUT2D eigenvalue weighted by atomic mass is 32.2. The molecule has 0 amide bonds. The third kappa shape index (κ3) is 5.37. The Morgan fingerprint density at radius 1 is 1.50 bits per heavy atom. The third-order valence-electron chi connectivity index (χ3n) is 2.03. The van der Waals surface area contributed by atoms with Crippen LogP contribution in [0, 0.1) is 0 Å². The highest BCUT2D eigenvalue weighted by Crippen LogP contribution is 2.10. The minimum atomic E-state index is 0.153. The standard InChI is InChI=1S/C12H20N2OS/c1-3-16-7-6-15-12-5-4-11(14-9-12)8-10(2)13/h4-5,9-10H,3,6-8,13H2,1-2H3. The molecule has 0 aliphatic rings. The molecule has 0 bridgehead atoms. The summed E-state index contributed by atoms with van der Waals surface area (Å²) in [6.07, 6.45) is 2.58. The summed E-state index contributed by atoms with van der Waals surface area (Å²) in [5.41, 5.74) is 6.72. The Bertz CT molecular complexity index is 288. The van der Waals surface area contributed by atoms with Crippen LogP contribution in [0.25, 0.3) is 0 Å². The predicted molar refractivity (Wildman–Crippen MR) is 70.1 cm³/mol. The Morgan fingerprint density at radius 2 is 2.31 bits per heavy atom. The van der Waals surface area contributed by atoms with E-state index in [4.69, 9.17) is 10.5 Å². The molecule has 0 fully saturated rings. The summed E-state index contributed by atoms with van der Waals surface area (Å²) >= 11 is 1.88. The van der Waals surface area contributed by atoms with Gasteiger partial charge in [0.1, 0.15) is 5.75 Å². The lowest BCUT2D eigenvalue weighted by Crippen LogP contribution is -2.18. The van der Waals surface area contributed by atoms with Gasteiger partial charge in [-0.2, -0.15) is 11.8 Å². The van der Waals surface area contributed by atoms with Crippen LogP contribution in [0.1, 0.15) is 19.5 Å². The van der Waals surface area contributed by atoms with Crippen LogP contribution in [0.5, 0.6) is 5.75 Å². The van der Waals surface area contributed by atoms with Gasteiger partial charge in [0, 0.05) is 23.9 Å². The molecule has 1 aromatic heterocycles. The normalized spacial score (nSPS) is 12.4. The number of ether oxygens (including phenoxy) is 1. The van der Waals surface area contributed by atoms with Crippen molar-refractivity contribution in [3.8, 4) is 5.75 Å². The molecular weight excluding hydrogens is 220 g/mol. The largest absolute Gasteiger partial charge is 0.491 e. The van der Waals surface area contributed by atoms with Gasteiger partial charge in [0.2, 0.25) is 0 Å². The fraction of sp³-hybridized carbons (Fsp3) is 0.583. The van der Waals surface area contributed by atoms with E-state index in [1.165, 1.54) is 0 Å². The Kier molecular flexibility index (Phi) is 6.26. The predicted octanol–water partition coefficient (Wildman–Crippen LogP) is 2.10. The van der Waals surface area contributed by atoms with Crippen molar-refractivity contribution in [3.63, 3.8) is 0 Å². The Labute approximate surface area is 102 Å². The number of pyridine rings is 1. The summed E-state index contributed by atoms with van der Waals surface area (Å²) in [6.45, 7) is 4.87. The lowest BCUT2D eigenvalue weighted by atomic mass is 10.2. The fourth-order valence-electron chi connectivity index (χ4n) is 1.31. The molecule has 0 aromatic carbocycles. The van der Waals surface area contributed by atoms with Crippen LogP contribution in [-0.2, 0) is 6.42 Å². The van der Waals surface area contributed by atoms with Gasteiger partial charge in [-0.1, -0.05) is 6.92 Å². The van der Waals surface area contributed by atoms with Crippen molar-refractivity contribution in [2.24, 2.45) is 5.73 Å². The van der Waals surface area contributed by atoms with Gasteiger partial charge in [0.25, 0.3) is 0 Å². The first-order valence-electron chi connectivity index (χ1n) is 5.63. The summed E-state index contributed by atoms with van der Waals surface area (Å²) in [7, 11) is 0. The molecule has 0 saturated heterocycles. The molecule has 1 rings (SSSR count). The second-order valence-corrected chi connectivity index (χ2v) is 5.11. The second kappa shape index (κ2) is 7.52. The highest BCUT2D eigenvalue weighted by molar-refractivity contribution is 7.99. The van der Waals surface area contributed by atoms with Crippen LogP contribution in [0.4, 0.5) is 0 Å². The number of hydrogen-bond acceptors (Lipinski definition) is 4. The quantitative estimate of drug-likeness (QED) is 0.742. The molecule has 16 heavy (non-hydrogen) atoms. The number of aromatic nitrogens is 1. The summed E-state index contributed by atoms with van der Waals surface area (Å²) in [6, 6.07) is 4.09. The molecule has 1 atom stereocenters. The van der Waals surface area contributed by atoms with Crippen LogP contribution in [0.15, 0.2) is 18.3 Å². The van der Waals surface area contributed by atoms with Crippen molar-refractivity contribution >= 4 is 11.8 Å². The SMILES string of the molecule is CCSCCOc1ccc(CC(C)N)nc1. The summed E-state index contributed by atoms with van der Waals surface area (Å²) in [5, 5.41) is 0. The van der Waals surface area contributed by atoms with Crippen LogP contribution in [0.3, 0.4) is 0 Å². The minimum Gasteiger partial charge on any atom is -0.491 e. The first kappa shape index (κ1) is 13.3. The summed E-state index contributed by atoms with van der Waals surface area (Å²) in [4.78, 5) is 4.31. The van der Waals surface area contributed by atoms with Crippen LogP contribution in [-0.4, -0.2) is 29.1 Å². The second-order valence-electron chi connectivity index (χ2n) is 3.71. The van der Waals surface area contributed by atoms with Gasteiger partial charge in [-0.05, 0) is 24.8 Å². The molecule has 4 heteroatoms. The molecule has 1 aromatic rings. The monoisotopic (exact) mass is 240 g/mol. The Balaban J connectivity index is 2.33. The van der Waals surface area contributed by atoms with E-state index in [0.717, 1.165) is 36.0 Å². The van der Waals surface area contributed by atoms with Gasteiger partial charge in [0.15, 0.2) is 0 Å². The van der Waals surface area contributed by atoms with E-state index in [2.05, 4.69) is 11.9 Å². The van der Waals surface area contributed by atoms with Crippen molar-refractivity contribution < 1.29 is 4.74 Å². The van der Waals surface area contributed by atoms with Gasteiger partial charge in [-0.3, -0.25) is 4.98 Å². The topological polar surface area (TPSA) is 48.1 Å². The molecular formula is C12H20N2OS. The molecule has 90 valence electrons. The average Bonchev–Trinajstić information content (AvgIpc) is 2.26. The van der Waals surface area contributed by atoms with Crippen molar-refractivity contribution in [2.45, 2.75) is 26.3 Å². The van der Waals surface area contributed by atoms with E-state index in [-0.39, 0.29) is 6.04 Å². The van der Waals surface area contributed by atoms with E-state index in [0.29, 0.717) is 0 Å². The summed E-state index contributed by atoms with van der Waals surface area (Å²) < 4.78 is 5.55. The lowest BCUT2D eigenvalue weighted by Gasteiger charge is -2.07. The molecule has 3 nitrogen and oxygen atoms in total. The van der Waals surface area contributed by atoms with Gasteiger partial charge >= 0.3 is 0 Å². The van der Waals surface area contributed by atoms with Crippen molar-refractivity contribution in [3.05, 3.63) is 24.0 Å². The maximum absolute atomic E-state index is 5.70. The average molecular weight is 240 g/mol. The lowest BCUT2D eigenvalue weighted by molar-refractivity contribution is 0.342. The van der Waals surface area contributed by atoms with E-state index < -0.39 is 0 Å². The minimum absolute atomic E-state index is 0.153. The van der Waals surface area contributed by atoms with Gasteiger partial charge in [0.05, 0.1) is 12.8 Å². The van der Waals surface area contributed by atoms with Crippen molar-refractivity contribution in [1.82, 2.24) is 4.98 Å². The third-order valence-corrected chi connectivity index (χ3v) is 2.89. The maximum Gasteiger partial charge on any atom is 0.137 e. The van der Waals surface area contributed by atoms with Crippen molar-refractivity contribution in [2.75, 3.05) is 18.1 Å². The zero-order chi connectivity index (χ0) is 11.8. The van der Waals surface area contributed by atoms with Crippen molar-refractivity contribution in [1.29, 1.82) is 0 Å². The number of rotatable bonds is 7. The van der Waals surface area contributed by atoms with Crippen LogP contribution < -0.4 is 10.5 Å². The molecule has 0 aliphatic heterocycles. The molecule has 1 unspecified atom stereocenters.